The van der Waals surface area contributed by atoms with Crippen molar-refractivity contribution in [2.24, 2.45) is 7.05 Å². The van der Waals surface area contributed by atoms with Gasteiger partial charge in [-0.2, -0.15) is 0 Å². The second-order valence-corrected chi connectivity index (χ2v) is 9.20. The molecule has 4 aromatic rings. The number of amides is 2. The van der Waals surface area contributed by atoms with E-state index in [9.17, 15) is 9.59 Å². The van der Waals surface area contributed by atoms with Crippen molar-refractivity contribution in [1.82, 2.24) is 24.6 Å². The van der Waals surface area contributed by atoms with Crippen LogP contribution in [0.3, 0.4) is 0 Å². The fourth-order valence-electron chi connectivity index (χ4n) is 3.74. The Morgan fingerprint density at radius 1 is 1.03 bits per heavy atom. The summed E-state index contributed by atoms with van der Waals surface area (Å²) >= 11 is 1.23. The van der Waals surface area contributed by atoms with E-state index in [1.807, 2.05) is 47.0 Å². The fourth-order valence-corrected chi connectivity index (χ4v) is 4.49. The first-order chi connectivity index (χ1) is 16.9. The smallest absolute Gasteiger partial charge is 0.274 e. The van der Waals surface area contributed by atoms with Crippen molar-refractivity contribution in [1.29, 1.82) is 0 Å². The number of hydrogen-bond acceptors (Lipinski definition) is 6. The molecule has 1 N–H and O–H groups in total. The highest BCUT2D eigenvalue weighted by atomic mass is 32.2. The lowest BCUT2D eigenvalue weighted by Crippen LogP contribution is -2.33. The minimum atomic E-state index is -0.436. The highest BCUT2D eigenvalue weighted by molar-refractivity contribution is 7.99. The molecule has 8 nitrogen and oxygen atoms in total. The summed E-state index contributed by atoms with van der Waals surface area (Å²) in [4.78, 5) is 25.0. The van der Waals surface area contributed by atoms with E-state index in [-0.39, 0.29) is 11.7 Å². The summed E-state index contributed by atoms with van der Waals surface area (Å²) in [6.45, 7) is 4.26. The number of carbonyl (C=O) groups excluding carboxylic acids is 2. The van der Waals surface area contributed by atoms with Gasteiger partial charge in [0, 0.05) is 18.8 Å². The third kappa shape index (κ3) is 5.30. The van der Waals surface area contributed by atoms with E-state index in [2.05, 4.69) is 35.4 Å². The van der Waals surface area contributed by atoms with E-state index < -0.39 is 11.8 Å². The molecule has 0 unspecified atom stereocenters. The lowest BCUT2D eigenvalue weighted by atomic mass is 10.0. The number of carbonyl (C=O) groups is 2. The van der Waals surface area contributed by atoms with Crippen LogP contribution in [0.4, 0.5) is 0 Å². The largest absolute Gasteiger partial charge is 0.497 e. The molecular formula is C26H27N5O3S. The molecule has 0 aliphatic heterocycles. The molecule has 2 aromatic heterocycles. The third-order valence-corrected chi connectivity index (χ3v) is 6.47. The first-order valence-electron chi connectivity index (χ1n) is 11.2. The van der Waals surface area contributed by atoms with E-state index in [1.54, 1.807) is 37.1 Å². The topological polar surface area (TPSA) is 91.0 Å². The Morgan fingerprint density at radius 2 is 1.77 bits per heavy atom. The number of nitrogens with one attached hydrogen (secondary N) is 1. The zero-order valence-electron chi connectivity index (χ0n) is 20.1. The number of aromatic nitrogens is 4. The Morgan fingerprint density at radius 3 is 2.43 bits per heavy atom. The summed E-state index contributed by atoms with van der Waals surface area (Å²) in [6, 6.07) is 19.1. The molecule has 0 saturated heterocycles. The number of imide groups is 1. The van der Waals surface area contributed by atoms with Crippen LogP contribution in [-0.2, 0) is 11.8 Å². The molecule has 9 heteroatoms. The van der Waals surface area contributed by atoms with Gasteiger partial charge in [0.1, 0.15) is 11.4 Å². The molecule has 0 fully saturated rings. The maximum Gasteiger partial charge on any atom is 0.274 e. The van der Waals surface area contributed by atoms with E-state index in [0.29, 0.717) is 16.7 Å². The number of aryl methyl sites for hydroxylation is 1. The molecule has 0 bridgehead atoms. The number of rotatable bonds is 8. The van der Waals surface area contributed by atoms with Crippen LogP contribution in [0, 0.1) is 0 Å². The van der Waals surface area contributed by atoms with Crippen LogP contribution < -0.4 is 10.1 Å². The van der Waals surface area contributed by atoms with Gasteiger partial charge >= 0.3 is 0 Å². The van der Waals surface area contributed by atoms with Crippen LogP contribution >= 0.6 is 11.8 Å². The summed E-state index contributed by atoms with van der Waals surface area (Å²) in [7, 11) is 3.38. The molecule has 2 aromatic carbocycles. The molecule has 0 aliphatic rings. The van der Waals surface area contributed by atoms with Crippen LogP contribution in [0.25, 0.3) is 17.1 Å². The van der Waals surface area contributed by atoms with Gasteiger partial charge in [0.05, 0.1) is 18.6 Å². The highest BCUT2D eigenvalue weighted by Gasteiger charge is 2.21. The van der Waals surface area contributed by atoms with Gasteiger partial charge in [-0.15, -0.1) is 10.2 Å². The van der Waals surface area contributed by atoms with Crippen LogP contribution in [0.5, 0.6) is 5.75 Å². The minimum absolute atomic E-state index is 0.0146. The van der Waals surface area contributed by atoms with Crippen LogP contribution in [0.1, 0.15) is 35.8 Å². The van der Waals surface area contributed by atoms with Gasteiger partial charge in [-0.05, 0) is 53.9 Å². The minimum Gasteiger partial charge on any atom is -0.497 e. The standard InChI is InChI=1S/C26H27N5O3S/c1-17(2)20-8-5-6-9-21(20)31-24(18-11-13-19(34-4)14-12-18)28-29-26(31)35-16-23(32)27-25(33)22-10-7-15-30(22)3/h5-15,17H,16H2,1-4H3,(H,27,32,33). The molecule has 0 spiro atoms. The van der Waals surface area contributed by atoms with Gasteiger partial charge < -0.3 is 9.30 Å². The highest BCUT2D eigenvalue weighted by Crippen LogP contribution is 2.32. The normalized spacial score (nSPS) is 11.0. The quantitative estimate of drug-likeness (QED) is 0.368. The van der Waals surface area contributed by atoms with Gasteiger partial charge in [-0.3, -0.25) is 19.5 Å². The number of hydrogen-bond donors (Lipinski definition) is 1. The number of ether oxygens (including phenoxy) is 1. The lowest BCUT2D eigenvalue weighted by molar-refractivity contribution is -0.117. The molecule has 35 heavy (non-hydrogen) atoms. The predicted molar refractivity (Wildman–Crippen MR) is 136 cm³/mol. The van der Waals surface area contributed by atoms with E-state index in [4.69, 9.17) is 4.74 Å². The molecule has 0 aliphatic carbocycles. The first kappa shape index (κ1) is 24.3. The SMILES string of the molecule is COc1ccc(-c2nnc(SCC(=O)NC(=O)c3cccn3C)n2-c2ccccc2C(C)C)cc1. The van der Waals surface area contributed by atoms with Crippen molar-refractivity contribution < 1.29 is 14.3 Å². The lowest BCUT2D eigenvalue weighted by Gasteiger charge is -2.17. The predicted octanol–water partition coefficient (Wildman–Crippen LogP) is 4.45. The summed E-state index contributed by atoms with van der Waals surface area (Å²) in [5.74, 6) is 0.842. The number of nitrogens with zero attached hydrogens (tertiary/aromatic N) is 4. The second kappa shape index (κ2) is 10.6. The van der Waals surface area contributed by atoms with Gasteiger partial charge in [0.15, 0.2) is 11.0 Å². The van der Waals surface area contributed by atoms with Crippen LogP contribution in [-0.4, -0.2) is 44.0 Å². The van der Waals surface area contributed by atoms with Crippen LogP contribution in [0.15, 0.2) is 72.0 Å². The molecular weight excluding hydrogens is 462 g/mol. The van der Waals surface area contributed by atoms with Gasteiger partial charge in [0.25, 0.3) is 5.91 Å². The van der Waals surface area contributed by atoms with E-state index in [0.717, 1.165) is 22.6 Å². The van der Waals surface area contributed by atoms with Crippen molar-refractivity contribution in [2.75, 3.05) is 12.9 Å². The van der Waals surface area contributed by atoms with Crippen LogP contribution in [0.2, 0.25) is 0 Å². The number of benzene rings is 2. The number of para-hydroxylation sites is 1. The number of thioether (sulfide) groups is 1. The molecule has 0 atom stereocenters. The Balaban J connectivity index is 1.64. The van der Waals surface area contributed by atoms with Gasteiger partial charge in [0.2, 0.25) is 5.91 Å². The maximum absolute atomic E-state index is 12.6. The first-order valence-corrected chi connectivity index (χ1v) is 12.1. The van der Waals surface area contributed by atoms with Crippen molar-refractivity contribution in [3.63, 3.8) is 0 Å². The maximum atomic E-state index is 12.6. The molecule has 0 saturated carbocycles. The average Bonchev–Trinajstić information content (AvgIpc) is 3.49. The van der Waals surface area contributed by atoms with Crippen molar-refractivity contribution in [3.05, 3.63) is 78.1 Å². The zero-order valence-corrected chi connectivity index (χ0v) is 20.9. The molecule has 2 amide bonds. The van der Waals surface area contributed by atoms with Gasteiger partial charge in [-0.25, -0.2) is 0 Å². The van der Waals surface area contributed by atoms with E-state index in [1.165, 1.54) is 11.8 Å². The average molecular weight is 490 g/mol. The fraction of sp³-hybridized carbons (Fsp3) is 0.231. The molecule has 4 rings (SSSR count). The number of methoxy groups -OCH3 is 1. The van der Waals surface area contributed by atoms with Crippen molar-refractivity contribution >= 4 is 23.6 Å². The zero-order chi connectivity index (χ0) is 24.9. The molecule has 180 valence electrons. The second-order valence-electron chi connectivity index (χ2n) is 8.25. The third-order valence-electron chi connectivity index (χ3n) is 5.54. The summed E-state index contributed by atoms with van der Waals surface area (Å²) in [5.41, 5.74) is 3.36. The van der Waals surface area contributed by atoms with E-state index >= 15 is 0 Å². The Labute approximate surface area is 208 Å². The molecule has 0 radical (unpaired) electrons. The van der Waals surface area contributed by atoms with Crippen molar-refractivity contribution in [2.45, 2.75) is 24.9 Å². The Hall–Kier alpha value is -3.85. The Kier molecular flexibility index (Phi) is 7.36. The molecule has 2 heterocycles. The van der Waals surface area contributed by atoms with Crippen molar-refractivity contribution in [3.8, 4) is 22.8 Å². The monoisotopic (exact) mass is 489 g/mol. The summed E-state index contributed by atoms with van der Waals surface area (Å²) < 4.78 is 8.92. The van der Waals surface area contributed by atoms with Gasteiger partial charge in [-0.1, -0.05) is 43.8 Å². The summed E-state index contributed by atoms with van der Waals surface area (Å²) in [5, 5.41) is 11.9. The summed E-state index contributed by atoms with van der Waals surface area (Å²) in [6.07, 6.45) is 1.75. The Bertz CT molecular complexity index is 1340.